The van der Waals surface area contributed by atoms with Crippen molar-refractivity contribution in [3.8, 4) is 0 Å². The molecule has 0 bridgehead atoms. The Kier molecular flexibility index (Phi) is 10.4. The zero-order valence-electron chi connectivity index (χ0n) is 26.6. The van der Waals surface area contributed by atoms with E-state index >= 15 is 0 Å². The van der Waals surface area contributed by atoms with Crippen molar-refractivity contribution >= 4 is 47.3 Å². The van der Waals surface area contributed by atoms with Gasteiger partial charge in [-0.1, -0.05) is 41.4 Å². The van der Waals surface area contributed by atoms with Crippen LogP contribution in [-0.2, 0) is 22.6 Å². The van der Waals surface area contributed by atoms with Crippen LogP contribution < -0.4 is 5.32 Å². The molecule has 9 nitrogen and oxygen atoms in total. The number of aldehydes is 1. The van der Waals surface area contributed by atoms with E-state index in [2.05, 4.69) is 28.2 Å². The van der Waals surface area contributed by atoms with E-state index in [9.17, 15) is 14.4 Å². The SMILES string of the molecule is CN1CCC(C2CCN([C@]3(CC=O)C[C@H](N4CCc5ccccc5NC4=O)CCN3C(=O)OCc3cc(Cl)cc(Cl)c3)CC2)CC1. The number of carbonyl (C=O) groups excluding carboxylic acids is 3. The number of rotatable bonds is 7. The monoisotopic (exact) mass is 669 g/mol. The lowest BCUT2D eigenvalue weighted by Crippen LogP contribution is -2.69. The number of piperidine rings is 3. The van der Waals surface area contributed by atoms with Crippen molar-refractivity contribution in [2.45, 2.75) is 69.7 Å². The molecule has 4 heterocycles. The number of halogens is 2. The third-order valence-corrected chi connectivity index (χ3v) is 11.2. The Morgan fingerprint density at radius 2 is 1.63 bits per heavy atom. The summed E-state index contributed by atoms with van der Waals surface area (Å²) in [4.78, 5) is 48.5. The van der Waals surface area contributed by atoms with Gasteiger partial charge in [-0.05, 0) is 106 Å². The number of likely N-dealkylation sites (tertiary alicyclic amines) is 3. The van der Waals surface area contributed by atoms with Crippen molar-refractivity contribution in [3.05, 3.63) is 63.6 Å². The molecule has 0 aliphatic carbocycles. The molecular formula is C35H45Cl2N5O4. The van der Waals surface area contributed by atoms with Gasteiger partial charge < -0.3 is 24.6 Å². The maximum atomic E-state index is 14.0. The number of amides is 3. The van der Waals surface area contributed by atoms with Crippen molar-refractivity contribution in [2.24, 2.45) is 11.8 Å². The number of para-hydroxylation sites is 1. The second-order valence-corrected chi connectivity index (χ2v) is 14.4. The van der Waals surface area contributed by atoms with Crippen LogP contribution >= 0.6 is 23.2 Å². The molecule has 248 valence electrons. The third kappa shape index (κ3) is 7.18. The van der Waals surface area contributed by atoms with Gasteiger partial charge in [0.15, 0.2) is 0 Å². The summed E-state index contributed by atoms with van der Waals surface area (Å²) in [6.07, 6.45) is 6.93. The molecule has 6 rings (SSSR count). The highest BCUT2D eigenvalue weighted by Gasteiger charge is 2.52. The van der Waals surface area contributed by atoms with E-state index in [4.69, 9.17) is 27.9 Å². The van der Waals surface area contributed by atoms with Crippen LogP contribution in [-0.4, -0.2) is 96.0 Å². The maximum absolute atomic E-state index is 14.0. The first-order chi connectivity index (χ1) is 22.3. The molecule has 11 heteroatoms. The lowest BCUT2D eigenvalue weighted by atomic mass is 9.77. The summed E-state index contributed by atoms with van der Waals surface area (Å²) in [5.74, 6) is 1.35. The van der Waals surface area contributed by atoms with E-state index in [1.807, 2.05) is 23.1 Å². The van der Waals surface area contributed by atoms with Crippen molar-refractivity contribution in [1.29, 1.82) is 0 Å². The number of hydrogen-bond acceptors (Lipinski definition) is 6. The highest BCUT2D eigenvalue weighted by atomic mass is 35.5. The van der Waals surface area contributed by atoms with Crippen molar-refractivity contribution in [3.63, 3.8) is 0 Å². The van der Waals surface area contributed by atoms with E-state index in [1.165, 1.54) is 12.8 Å². The van der Waals surface area contributed by atoms with Crippen LogP contribution in [0.4, 0.5) is 15.3 Å². The molecule has 0 radical (unpaired) electrons. The van der Waals surface area contributed by atoms with Gasteiger partial charge in [-0.3, -0.25) is 9.80 Å². The summed E-state index contributed by atoms with van der Waals surface area (Å²) in [7, 11) is 2.19. The average Bonchev–Trinajstić information content (AvgIpc) is 3.22. The summed E-state index contributed by atoms with van der Waals surface area (Å²) >= 11 is 12.4. The number of anilines is 1. The van der Waals surface area contributed by atoms with Gasteiger partial charge in [0.05, 0.1) is 0 Å². The number of benzene rings is 2. The standard InChI is InChI=1S/C35H45Cl2N5O4/c1-39-13-6-26(7-14-39)27-8-15-40(16-9-27)35(12-19-43)23-31(41-17-10-28-4-2-3-5-32(28)38-33(41)44)11-18-42(35)34(45)46-24-25-20-29(36)22-30(37)21-25/h2-5,19-22,26-27,31H,6-18,23-24H2,1H3,(H,38,44)/t31-,35+/m1/s1. The van der Waals surface area contributed by atoms with Gasteiger partial charge in [-0.2, -0.15) is 0 Å². The van der Waals surface area contributed by atoms with Gasteiger partial charge in [0.2, 0.25) is 0 Å². The fourth-order valence-electron chi connectivity index (χ4n) is 8.30. The van der Waals surface area contributed by atoms with Crippen LogP contribution in [0.5, 0.6) is 0 Å². The molecule has 4 aliphatic heterocycles. The number of fused-ring (bicyclic) bond motifs is 1. The van der Waals surface area contributed by atoms with Crippen LogP contribution in [0.2, 0.25) is 10.0 Å². The molecule has 4 aliphatic rings. The van der Waals surface area contributed by atoms with E-state index in [1.54, 1.807) is 23.1 Å². The Labute approximate surface area is 282 Å². The Bertz CT molecular complexity index is 1390. The van der Waals surface area contributed by atoms with Gasteiger partial charge in [0, 0.05) is 60.8 Å². The van der Waals surface area contributed by atoms with Crippen molar-refractivity contribution in [2.75, 3.05) is 51.6 Å². The smallest absolute Gasteiger partial charge is 0.411 e. The predicted molar refractivity (Wildman–Crippen MR) is 180 cm³/mol. The number of carbonyl (C=O) groups is 3. The molecule has 2 aromatic rings. The summed E-state index contributed by atoms with van der Waals surface area (Å²) in [5.41, 5.74) is 1.75. The third-order valence-electron chi connectivity index (χ3n) is 10.8. The Hall–Kier alpha value is -2.85. The average molecular weight is 671 g/mol. The molecule has 2 atom stereocenters. The van der Waals surface area contributed by atoms with E-state index in [0.29, 0.717) is 53.4 Å². The minimum absolute atomic E-state index is 0.0151. The molecule has 2 aromatic carbocycles. The lowest BCUT2D eigenvalue weighted by Gasteiger charge is -2.57. The van der Waals surface area contributed by atoms with Crippen LogP contribution in [0.25, 0.3) is 0 Å². The molecule has 3 amide bonds. The Morgan fingerprint density at radius 3 is 2.33 bits per heavy atom. The van der Waals surface area contributed by atoms with Crippen LogP contribution in [0.3, 0.4) is 0 Å². The van der Waals surface area contributed by atoms with Gasteiger partial charge in [-0.15, -0.1) is 0 Å². The fraction of sp³-hybridized carbons (Fsp3) is 0.571. The predicted octanol–water partition coefficient (Wildman–Crippen LogP) is 6.52. The normalized spacial score (nSPS) is 25.5. The second kappa shape index (κ2) is 14.5. The van der Waals surface area contributed by atoms with Crippen LogP contribution in [0, 0.1) is 11.8 Å². The fourth-order valence-corrected chi connectivity index (χ4v) is 8.87. The molecule has 1 N–H and O–H groups in total. The minimum atomic E-state index is -0.898. The molecule has 0 unspecified atom stereocenters. The van der Waals surface area contributed by atoms with Crippen LogP contribution in [0.1, 0.15) is 56.1 Å². The van der Waals surface area contributed by atoms with Crippen LogP contribution in [0.15, 0.2) is 42.5 Å². The summed E-state index contributed by atoms with van der Waals surface area (Å²) in [6.45, 7) is 4.83. The van der Waals surface area contributed by atoms with Crippen molar-refractivity contribution in [1.82, 2.24) is 19.6 Å². The summed E-state index contributed by atoms with van der Waals surface area (Å²) in [5, 5.41) is 4.05. The zero-order valence-corrected chi connectivity index (χ0v) is 28.1. The van der Waals surface area contributed by atoms with Crippen molar-refractivity contribution < 1.29 is 19.1 Å². The van der Waals surface area contributed by atoms with E-state index in [0.717, 1.165) is 63.0 Å². The number of nitrogens with one attached hydrogen (secondary N) is 1. The number of urea groups is 1. The quantitative estimate of drug-likeness (QED) is 0.338. The largest absolute Gasteiger partial charge is 0.444 e. The topological polar surface area (TPSA) is 85.4 Å². The highest BCUT2D eigenvalue weighted by Crippen LogP contribution is 2.42. The zero-order chi connectivity index (χ0) is 32.3. The van der Waals surface area contributed by atoms with Gasteiger partial charge in [0.1, 0.15) is 18.6 Å². The number of nitrogens with zero attached hydrogens (tertiary/aromatic N) is 4. The number of ether oxygens (including phenoxy) is 1. The van der Waals surface area contributed by atoms with E-state index in [-0.39, 0.29) is 25.1 Å². The molecule has 0 spiro atoms. The molecule has 46 heavy (non-hydrogen) atoms. The number of hydrogen-bond donors (Lipinski definition) is 1. The van der Waals surface area contributed by atoms with Gasteiger partial charge >= 0.3 is 12.1 Å². The molecule has 0 saturated carbocycles. The Balaban J connectivity index is 1.24. The highest BCUT2D eigenvalue weighted by molar-refractivity contribution is 6.34. The maximum Gasteiger partial charge on any atom is 0.411 e. The Morgan fingerprint density at radius 1 is 0.957 bits per heavy atom. The van der Waals surface area contributed by atoms with E-state index < -0.39 is 11.8 Å². The first kappa shape index (κ1) is 33.1. The molecule has 0 aromatic heterocycles. The summed E-state index contributed by atoms with van der Waals surface area (Å²) in [6, 6.07) is 12.7. The van der Waals surface area contributed by atoms with Gasteiger partial charge in [0.25, 0.3) is 0 Å². The molecule has 3 fully saturated rings. The first-order valence-electron chi connectivity index (χ1n) is 16.7. The molecule has 3 saturated heterocycles. The first-order valence-corrected chi connectivity index (χ1v) is 17.4. The van der Waals surface area contributed by atoms with Gasteiger partial charge in [-0.25, -0.2) is 9.59 Å². The lowest BCUT2D eigenvalue weighted by molar-refractivity contribution is -0.129. The minimum Gasteiger partial charge on any atom is -0.444 e. The second-order valence-electron chi connectivity index (χ2n) is 13.5. The molecular weight excluding hydrogens is 625 g/mol. The summed E-state index contributed by atoms with van der Waals surface area (Å²) < 4.78 is 5.89.